The van der Waals surface area contributed by atoms with Crippen LogP contribution < -0.4 is 10.6 Å². The van der Waals surface area contributed by atoms with Crippen LogP contribution in [0.4, 0.5) is 0 Å². The minimum atomic E-state index is 0.485. The fraction of sp³-hybridized carbons (Fsp3) is 0.750. The standard InChI is InChI=1S/C16H30N4O/c1-6-13(7-2)15-9-14(21-20-15)11-19-16(17-8-3)18-10-12(4)5/h9,12-13H,6-8,10-11H2,1-5H3,(H2,17,18,19). The van der Waals surface area contributed by atoms with E-state index >= 15 is 0 Å². The highest BCUT2D eigenvalue weighted by Crippen LogP contribution is 2.22. The van der Waals surface area contributed by atoms with Crippen LogP contribution in [0, 0.1) is 5.92 Å². The van der Waals surface area contributed by atoms with Gasteiger partial charge in [0.2, 0.25) is 0 Å². The molecule has 0 bridgehead atoms. The summed E-state index contributed by atoms with van der Waals surface area (Å²) in [6.45, 7) is 13.0. The third kappa shape index (κ3) is 6.19. The van der Waals surface area contributed by atoms with Crippen molar-refractivity contribution in [3.63, 3.8) is 0 Å². The second-order valence-corrected chi connectivity index (χ2v) is 5.70. The zero-order valence-corrected chi connectivity index (χ0v) is 14.1. The predicted molar refractivity (Wildman–Crippen MR) is 87.5 cm³/mol. The fourth-order valence-electron chi connectivity index (χ4n) is 2.10. The van der Waals surface area contributed by atoms with E-state index in [4.69, 9.17) is 4.52 Å². The summed E-state index contributed by atoms with van der Waals surface area (Å²) in [5, 5.41) is 10.7. The van der Waals surface area contributed by atoms with Gasteiger partial charge in [0, 0.05) is 25.1 Å². The molecule has 0 aromatic carbocycles. The first-order valence-electron chi connectivity index (χ1n) is 8.08. The number of nitrogens with zero attached hydrogens (tertiary/aromatic N) is 2. The molecular formula is C16H30N4O. The first-order chi connectivity index (χ1) is 10.1. The Hall–Kier alpha value is -1.52. The van der Waals surface area contributed by atoms with E-state index < -0.39 is 0 Å². The number of aromatic nitrogens is 1. The molecule has 21 heavy (non-hydrogen) atoms. The minimum Gasteiger partial charge on any atom is -0.359 e. The van der Waals surface area contributed by atoms with E-state index in [1.54, 1.807) is 0 Å². The van der Waals surface area contributed by atoms with Gasteiger partial charge in [-0.1, -0.05) is 32.9 Å². The topological polar surface area (TPSA) is 62.5 Å². The minimum absolute atomic E-state index is 0.485. The van der Waals surface area contributed by atoms with Gasteiger partial charge in [-0.2, -0.15) is 0 Å². The van der Waals surface area contributed by atoms with Gasteiger partial charge in [0.15, 0.2) is 11.7 Å². The zero-order valence-electron chi connectivity index (χ0n) is 14.1. The Labute approximate surface area is 128 Å². The number of nitrogens with one attached hydrogen (secondary N) is 2. The molecule has 0 saturated carbocycles. The van der Waals surface area contributed by atoms with Crippen molar-refractivity contribution < 1.29 is 4.52 Å². The maximum Gasteiger partial charge on any atom is 0.191 e. The lowest BCUT2D eigenvalue weighted by molar-refractivity contribution is 0.372. The van der Waals surface area contributed by atoms with Gasteiger partial charge >= 0.3 is 0 Å². The lowest BCUT2D eigenvalue weighted by Crippen LogP contribution is -2.39. The van der Waals surface area contributed by atoms with Crippen molar-refractivity contribution in [2.75, 3.05) is 13.1 Å². The first-order valence-corrected chi connectivity index (χ1v) is 8.08. The Kier molecular flexibility index (Phi) is 7.87. The molecule has 0 unspecified atom stereocenters. The molecule has 5 heteroatoms. The first kappa shape index (κ1) is 17.5. The number of rotatable bonds is 8. The molecule has 1 aromatic rings. The highest BCUT2D eigenvalue weighted by atomic mass is 16.5. The number of hydrogen-bond acceptors (Lipinski definition) is 3. The van der Waals surface area contributed by atoms with E-state index in [1.807, 2.05) is 6.07 Å². The van der Waals surface area contributed by atoms with Gasteiger partial charge in [-0.25, -0.2) is 4.99 Å². The summed E-state index contributed by atoms with van der Waals surface area (Å²) in [5.41, 5.74) is 1.05. The zero-order chi connectivity index (χ0) is 15.7. The molecule has 0 radical (unpaired) electrons. The van der Waals surface area contributed by atoms with Crippen LogP contribution >= 0.6 is 0 Å². The lowest BCUT2D eigenvalue weighted by atomic mass is 9.99. The summed E-state index contributed by atoms with van der Waals surface area (Å²) in [6.07, 6.45) is 2.18. The molecule has 0 spiro atoms. The van der Waals surface area contributed by atoms with Gasteiger partial charge in [0.05, 0.1) is 5.69 Å². The molecule has 0 saturated heterocycles. The maximum absolute atomic E-state index is 5.39. The van der Waals surface area contributed by atoms with Gasteiger partial charge in [0.1, 0.15) is 6.54 Å². The molecule has 1 heterocycles. The van der Waals surface area contributed by atoms with Crippen molar-refractivity contribution in [2.45, 2.75) is 59.9 Å². The largest absolute Gasteiger partial charge is 0.359 e. The second-order valence-electron chi connectivity index (χ2n) is 5.70. The van der Waals surface area contributed by atoms with Crippen molar-refractivity contribution >= 4 is 5.96 Å². The van der Waals surface area contributed by atoms with Crippen LogP contribution in [0.25, 0.3) is 0 Å². The quantitative estimate of drug-likeness (QED) is 0.570. The summed E-state index contributed by atoms with van der Waals surface area (Å²) in [7, 11) is 0. The van der Waals surface area contributed by atoms with Crippen molar-refractivity contribution in [1.82, 2.24) is 15.8 Å². The average molecular weight is 294 g/mol. The molecule has 0 fully saturated rings. The van der Waals surface area contributed by atoms with Crippen LogP contribution in [0.2, 0.25) is 0 Å². The van der Waals surface area contributed by atoms with Crippen LogP contribution in [0.1, 0.15) is 64.8 Å². The highest BCUT2D eigenvalue weighted by Gasteiger charge is 2.12. The molecule has 120 valence electrons. The monoisotopic (exact) mass is 294 g/mol. The summed E-state index contributed by atoms with van der Waals surface area (Å²) in [4.78, 5) is 4.54. The molecule has 1 rings (SSSR count). The molecule has 0 amide bonds. The summed E-state index contributed by atoms with van der Waals surface area (Å²) in [5.74, 6) is 2.71. The SMILES string of the molecule is CCNC(=NCc1cc(C(CC)CC)no1)NCC(C)C. The Bertz CT molecular complexity index is 422. The normalized spacial score (nSPS) is 12.2. The molecule has 0 aliphatic heterocycles. The van der Waals surface area contributed by atoms with E-state index in [2.05, 4.69) is 55.4 Å². The molecule has 2 N–H and O–H groups in total. The van der Waals surface area contributed by atoms with Gasteiger partial charge in [0.25, 0.3) is 0 Å². The Morgan fingerprint density at radius 1 is 1.24 bits per heavy atom. The van der Waals surface area contributed by atoms with Gasteiger partial charge in [-0.05, 0) is 25.7 Å². The summed E-state index contributed by atoms with van der Waals surface area (Å²) < 4.78 is 5.39. The predicted octanol–water partition coefficient (Wildman–Crippen LogP) is 3.29. The fourth-order valence-corrected chi connectivity index (χ4v) is 2.10. The van der Waals surface area contributed by atoms with E-state index in [1.165, 1.54) is 0 Å². The van der Waals surface area contributed by atoms with Gasteiger partial charge < -0.3 is 15.2 Å². The van der Waals surface area contributed by atoms with Gasteiger partial charge in [-0.15, -0.1) is 0 Å². The van der Waals surface area contributed by atoms with E-state index in [-0.39, 0.29) is 0 Å². The van der Waals surface area contributed by atoms with Crippen LogP contribution in [0.5, 0.6) is 0 Å². The number of hydrogen-bond donors (Lipinski definition) is 2. The molecule has 0 aliphatic rings. The Balaban J connectivity index is 2.63. The van der Waals surface area contributed by atoms with E-state index in [0.717, 1.165) is 43.3 Å². The van der Waals surface area contributed by atoms with Crippen molar-refractivity contribution in [2.24, 2.45) is 10.9 Å². The van der Waals surface area contributed by atoms with Crippen LogP contribution in [-0.4, -0.2) is 24.2 Å². The second kappa shape index (κ2) is 9.42. The third-order valence-electron chi connectivity index (χ3n) is 3.40. The van der Waals surface area contributed by atoms with Crippen molar-refractivity contribution in [3.8, 4) is 0 Å². The van der Waals surface area contributed by atoms with Crippen LogP contribution in [-0.2, 0) is 6.54 Å². The Morgan fingerprint density at radius 2 is 1.95 bits per heavy atom. The third-order valence-corrected chi connectivity index (χ3v) is 3.40. The average Bonchev–Trinajstić information content (AvgIpc) is 2.92. The van der Waals surface area contributed by atoms with Crippen molar-refractivity contribution in [3.05, 3.63) is 17.5 Å². The van der Waals surface area contributed by atoms with Crippen LogP contribution in [0.15, 0.2) is 15.6 Å². The Morgan fingerprint density at radius 3 is 2.52 bits per heavy atom. The van der Waals surface area contributed by atoms with E-state index in [9.17, 15) is 0 Å². The molecule has 0 atom stereocenters. The number of aliphatic imine (C=N–C) groups is 1. The van der Waals surface area contributed by atoms with Crippen LogP contribution in [0.3, 0.4) is 0 Å². The van der Waals surface area contributed by atoms with Crippen molar-refractivity contribution in [1.29, 1.82) is 0 Å². The summed E-state index contributed by atoms with van der Waals surface area (Å²) in [6, 6.07) is 2.03. The van der Waals surface area contributed by atoms with E-state index in [0.29, 0.717) is 18.4 Å². The molecular weight excluding hydrogens is 264 g/mol. The van der Waals surface area contributed by atoms with Gasteiger partial charge in [-0.3, -0.25) is 0 Å². The smallest absolute Gasteiger partial charge is 0.191 e. The highest BCUT2D eigenvalue weighted by molar-refractivity contribution is 5.79. The number of guanidine groups is 1. The summed E-state index contributed by atoms with van der Waals surface area (Å²) >= 11 is 0. The molecule has 5 nitrogen and oxygen atoms in total. The lowest BCUT2D eigenvalue weighted by Gasteiger charge is -2.12. The maximum atomic E-state index is 5.39. The molecule has 0 aliphatic carbocycles. The molecule has 1 aromatic heterocycles.